The summed E-state index contributed by atoms with van der Waals surface area (Å²) >= 11 is 0. The molecule has 0 spiro atoms. The quantitative estimate of drug-likeness (QED) is 0.916. The molecule has 0 radical (unpaired) electrons. The van der Waals surface area contributed by atoms with Crippen LogP contribution in [0.3, 0.4) is 0 Å². The van der Waals surface area contributed by atoms with Crippen LogP contribution in [0, 0.1) is 0 Å². The van der Waals surface area contributed by atoms with Gasteiger partial charge < -0.3 is 14.8 Å². The van der Waals surface area contributed by atoms with Gasteiger partial charge in [0.1, 0.15) is 0 Å². The van der Waals surface area contributed by atoms with E-state index in [0.29, 0.717) is 17.1 Å². The average molecular weight is 257 g/mol. The number of benzene rings is 2. The van der Waals surface area contributed by atoms with Crippen LogP contribution in [0.15, 0.2) is 48.5 Å². The second-order valence-electron chi connectivity index (χ2n) is 3.86. The van der Waals surface area contributed by atoms with Gasteiger partial charge in [0.15, 0.2) is 11.5 Å². The van der Waals surface area contributed by atoms with Crippen LogP contribution in [0.25, 0.3) is 0 Å². The largest absolute Gasteiger partial charge is 0.493 e. The maximum atomic E-state index is 12.2. The van der Waals surface area contributed by atoms with Crippen LogP contribution in [-0.2, 0) is 0 Å². The second-order valence-corrected chi connectivity index (χ2v) is 3.86. The van der Waals surface area contributed by atoms with E-state index < -0.39 is 0 Å². The maximum absolute atomic E-state index is 12.2. The normalized spacial score (nSPS) is 9.79. The number of rotatable bonds is 4. The molecule has 2 rings (SSSR count). The van der Waals surface area contributed by atoms with Crippen molar-refractivity contribution >= 4 is 11.6 Å². The molecule has 0 atom stereocenters. The molecule has 4 nitrogen and oxygen atoms in total. The van der Waals surface area contributed by atoms with E-state index in [0.717, 1.165) is 5.69 Å². The first-order valence-electron chi connectivity index (χ1n) is 5.83. The van der Waals surface area contributed by atoms with Gasteiger partial charge in [-0.15, -0.1) is 0 Å². The first-order chi connectivity index (χ1) is 9.26. The number of para-hydroxylation sites is 2. The molecule has 0 heterocycles. The van der Waals surface area contributed by atoms with Crippen LogP contribution in [0.4, 0.5) is 5.69 Å². The Balaban J connectivity index is 2.29. The van der Waals surface area contributed by atoms with Gasteiger partial charge in [-0.3, -0.25) is 4.79 Å². The molecule has 1 amide bonds. The van der Waals surface area contributed by atoms with Crippen molar-refractivity contribution in [1.82, 2.24) is 0 Å². The number of methoxy groups -OCH3 is 2. The van der Waals surface area contributed by atoms with Crippen LogP contribution in [0.5, 0.6) is 11.5 Å². The van der Waals surface area contributed by atoms with E-state index >= 15 is 0 Å². The Morgan fingerprint density at radius 2 is 1.68 bits per heavy atom. The Kier molecular flexibility index (Phi) is 4.03. The predicted octanol–water partition coefficient (Wildman–Crippen LogP) is 2.96. The number of carbonyl (C=O) groups excluding carboxylic acids is 1. The number of amides is 1. The molecule has 4 heteroatoms. The van der Waals surface area contributed by atoms with Gasteiger partial charge in [-0.25, -0.2) is 0 Å². The summed E-state index contributed by atoms with van der Waals surface area (Å²) in [6.07, 6.45) is 0. The van der Waals surface area contributed by atoms with Crippen molar-refractivity contribution in [2.75, 3.05) is 19.5 Å². The minimum absolute atomic E-state index is 0.234. The second kappa shape index (κ2) is 5.91. The first kappa shape index (κ1) is 13.0. The molecular formula is C15H15NO3. The highest BCUT2D eigenvalue weighted by molar-refractivity contribution is 6.06. The molecule has 98 valence electrons. The summed E-state index contributed by atoms with van der Waals surface area (Å²) in [6.45, 7) is 0. The summed E-state index contributed by atoms with van der Waals surface area (Å²) < 4.78 is 10.4. The summed E-state index contributed by atoms with van der Waals surface area (Å²) in [5.41, 5.74) is 1.17. The van der Waals surface area contributed by atoms with Gasteiger partial charge in [0.2, 0.25) is 0 Å². The molecule has 0 saturated carbocycles. The fraction of sp³-hybridized carbons (Fsp3) is 0.133. The Morgan fingerprint density at radius 3 is 2.32 bits per heavy atom. The fourth-order valence-electron chi connectivity index (χ4n) is 1.79. The third-order valence-corrected chi connectivity index (χ3v) is 2.68. The molecule has 0 aliphatic heterocycles. The van der Waals surface area contributed by atoms with Gasteiger partial charge in [-0.1, -0.05) is 24.3 Å². The SMILES string of the molecule is COc1cccc(C(=O)Nc2ccccc2)c1OC. The molecule has 0 fully saturated rings. The molecule has 0 aliphatic carbocycles. The lowest BCUT2D eigenvalue weighted by atomic mass is 10.1. The Morgan fingerprint density at radius 1 is 0.947 bits per heavy atom. The van der Waals surface area contributed by atoms with E-state index in [1.165, 1.54) is 14.2 Å². The zero-order valence-electron chi connectivity index (χ0n) is 10.8. The summed E-state index contributed by atoms with van der Waals surface area (Å²) in [5, 5.41) is 2.81. The minimum atomic E-state index is -0.234. The number of hydrogen-bond donors (Lipinski definition) is 1. The minimum Gasteiger partial charge on any atom is -0.493 e. The van der Waals surface area contributed by atoms with E-state index in [9.17, 15) is 4.79 Å². The van der Waals surface area contributed by atoms with Crippen LogP contribution >= 0.6 is 0 Å². The highest BCUT2D eigenvalue weighted by atomic mass is 16.5. The lowest BCUT2D eigenvalue weighted by Crippen LogP contribution is -2.13. The van der Waals surface area contributed by atoms with Crippen molar-refractivity contribution < 1.29 is 14.3 Å². The molecular weight excluding hydrogens is 242 g/mol. The topological polar surface area (TPSA) is 47.6 Å². The van der Waals surface area contributed by atoms with Gasteiger partial charge in [0, 0.05) is 5.69 Å². The molecule has 2 aromatic carbocycles. The third-order valence-electron chi connectivity index (χ3n) is 2.68. The fourth-order valence-corrected chi connectivity index (χ4v) is 1.79. The van der Waals surface area contributed by atoms with E-state index in [2.05, 4.69) is 5.32 Å². The molecule has 1 N–H and O–H groups in total. The van der Waals surface area contributed by atoms with E-state index in [-0.39, 0.29) is 5.91 Å². The summed E-state index contributed by atoms with van der Waals surface area (Å²) in [7, 11) is 3.05. The van der Waals surface area contributed by atoms with E-state index in [1.807, 2.05) is 30.3 Å². The van der Waals surface area contributed by atoms with Crippen molar-refractivity contribution in [2.24, 2.45) is 0 Å². The predicted molar refractivity (Wildman–Crippen MR) is 73.9 cm³/mol. The number of ether oxygens (including phenoxy) is 2. The maximum Gasteiger partial charge on any atom is 0.259 e. The van der Waals surface area contributed by atoms with Crippen LogP contribution in [0.1, 0.15) is 10.4 Å². The van der Waals surface area contributed by atoms with Gasteiger partial charge in [-0.05, 0) is 24.3 Å². The van der Waals surface area contributed by atoms with Crippen LogP contribution in [0.2, 0.25) is 0 Å². The number of nitrogens with one attached hydrogen (secondary N) is 1. The molecule has 2 aromatic rings. The molecule has 0 aliphatic rings. The molecule has 0 bridgehead atoms. The molecule has 0 aromatic heterocycles. The highest BCUT2D eigenvalue weighted by Gasteiger charge is 2.16. The first-order valence-corrected chi connectivity index (χ1v) is 5.83. The van der Waals surface area contributed by atoms with Gasteiger partial charge in [0.25, 0.3) is 5.91 Å². The smallest absolute Gasteiger partial charge is 0.259 e. The average Bonchev–Trinajstić information content (AvgIpc) is 2.47. The Labute approximate surface area is 112 Å². The summed E-state index contributed by atoms with van der Waals surface area (Å²) in [4.78, 5) is 12.2. The number of carbonyl (C=O) groups is 1. The van der Waals surface area contributed by atoms with Gasteiger partial charge >= 0.3 is 0 Å². The number of anilines is 1. The van der Waals surface area contributed by atoms with Crippen LogP contribution in [-0.4, -0.2) is 20.1 Å². The Bertz CT molecular complexity index is 567. The van der Waals surface area contributed by atoms with Crippen LogP contribution < -0.4 is 14.8 Å². The zero-order valence-corrected chi connectivity index (χ0v) is 10.8. The van der Waals surface area contributed by atoms with Crippen molar-refractivity contribution in [3.63, 3.8) is 0 Å². The van der Waals surface area contributed by atoms with Gasteiger partial charge in [0.05, 0.1) is 19.8 Å². The van der Waals surface area contributed by atoms with Crippen molar-refractivity contribution in [1.29, 1.82) is 0 Å². The van der Waals surface area contributed by atoms with Crippen molar-refractivity contribution in [3.05, 3.63) is 54.1 Å². The van der Waals surface area contributed by atoms with Crippen molar-refractivity contribution in [3.8, 4) is 11.5 Å². The zero-order chi connectivity index (χ0) is 13.7. The third kappa shape index (κ3) is 2.85. The monoisotopic (exact) mass is 257 g/mol. The molecule has 0 saturated heterocycles. The van der Waals surface area contributed by atoms with Crippen molar-refractivity contribution in [2.45, 2.75) is 0 Å². The van der Waals surface area contributed by atoms with E-state index in [1.54, 1.807) is 18.2 Å². The summed E-state index contributed by atoms with van der Waals surface area (Å²) in [5.74, 6) is 0.726. The lowest BCUT2D eigenvalue weighted by molar-refractivity contribution is 0.102. The molecule has 0 unspecified atom stereocenters. The Hall–Kier alpha value is -2.49. The standard InChI is InChI=1S/C15H15NO3/c1-18-13-10-6-9-12(14(13)19-2)15(17)16-11-7-4-3-5-8-11/h3-10H,1-2H3,(H,16,17). The van der Waals surface area contributed by atoms with Gasteiger partial charge in [-0.2, -0.15) is 0 Å². The lowest BCUT2D eigenvalue weighted by Gasteiger charge is -2.12. The van der Waals surface area contributed by atoms with E-state index in [4.69, 9.17) is 9.47 Å². The summed E-state index contributed by atoms with van der Waals surface area (Å²) in [6, 6.07) is 14.5. The molecule has 19 heavy (non-hydrogen) atoms. The number of hydrogen-bond acceptors (Lipinski definition) is 3. The highest BCUT2D eigenvalue weighted by Crippen LogP contribution is 2.31.